The predicted octanol–water partition coefficient (Wildman–Crippen LogP) is 3.61. The summed E-state index contributed by atoms with van der Waals surface area (Å²) in [4.78, 5) is 0.519. The predicted molar refractivity (Wildman–Crippen MR) is 68.2 cm³/mol. The van der Waals surface area contributed by atoms with Crippen molar-refractivity contribution in [1.82, 2.24) is 0 Å². The number of anilines is 1. The lowest BCUT2D eigenvalue weighted by Crippen LogP contribution is -2.10. The Morgan fingerprint density at radius 1 is 1.00 bits per heavy atom. The first kappa shape index (κ1) is 10.8. The molecule has 0 heterocycles. The third-order valence-corrected chi connectivity index (χ3v) is 2.46. The fraction of sp³-hybridized carbons (Fsp3) is 0. The van der Waals surface area contributed by atoms with Crippen molar-refractivity contribution < 1.29 is 4.39 Å². The molecule has 2 aromatic carbocycles. The summed E-state index contributed by atoms with van der Waals surface area (Å²) < 4.78 is 13.0. The summed E-state index contributed by atoms with van der Waals surface area (Å²) in [6.07, 6.45) is 0. The molecule has 0 fully saturated rings. The average Bonchev–Trinajstić information content (AvgIpc) is 2.30. The molecule has 0 aliphatic heterocycles. The molecule has 1 N–H and O–H groups in total. The van der Waals surface area contributed by atoms with E-state index in [2.05, 4.69) is 5.32 Å². The van der Waals surface area contributed by atoms with Gasteiger partial charge in [-0.25, -0.2) is 4.39 Å². The molecule has 3 heteroatoms. The molecule has 0 spiro atoms. The molecular formula is C13H10FNS. The highest BCUT2D eigenvalue weighted by Gasteiger charge is 2.02. The normalized spacial score (nSPS) is 9.81. The zero-order valence-corrected chi connectivity index (χ0v) is 9.30. The molecule has 0 saturated heterocycles. The van der Waals surface area contributed by atoms with Gasteiger partial charge in [-0.1, -0.05) is 42.5 Å². The van der Waals surface area contributed by atoms with Crippen LogP contribution in [0.2, 0.25) is 0 Å². The third kappa shape index (κ3) is 2.64. The van der Waals surface area contributed by atoms with Crippen LogP contribution in [0.1, 0.15) is 5.56 Å². The van der Waals surface area contributed by atoms with Crippen LogP contribution in [-0.4, -0.2) is 4.99 Å². The second-order valence-corrected chi connectivity index (χ2v) is 3.74. The van der Waals surface area contributed by atoms with E-state index >= 15 is 0 Å². The first-order chi connectivity index (χ1) is 7.75. The summed E-state index contributed by atoms with van der Waals surface area (Å²) in [5.41, 5.74) is 1.58. The van der Waals surface area contributed by atoms with Crippen molar-refractivity contribution in [3.05, 3.63) is 66.0 Å². The molecule has 0 aliphatic rings. The Balaban J connectivity index is 2.15. The van der Waals surface area contributed by atoms with Gasteiger partial charge in [-0.05, 0) is 24.3 Å². The Bertz CT molecular complexity index is 496. The van der Waals surface area contributed by atoms with Gasteiger partial charge in [-0.2, -0.15) is 0 Å². The fourth-order valence-corrected chi connectivity index (χ4v) is 1.60. The van der Waals surface area contributed by atoms with E-state index in [4.69, 9.17) is 12.2 Å². The zero-order valence-electron chi connectivity index (χ0n) is 8.48. The van der Waals surface area contributed by atoms with Gasteiger partial charge in [0.05, 0.1) is 0 Å². The molecule has 2 rings (SSSR count). The van der Waals surface area contributed by atoms with Crippen molar-refractivity contribution >= 4 is 22.9 Å². The molecule has 0 bridgehead atoms. The topological polar surface area (TPSA) is 12.0 Å². The van der Waals surface area contributed by atoms with E-state index in [1.54, 1.807) is 12.1 Å². The van der Waals surface area contributed by atoms with E-state index in [0.29, 0.717) is 10.6 Å². The monoisotopic (exact) mass is 231 g/mol. The van der Waals surface area contributed by atoms with Crippen molar-refractivity contribution in [2.75, 3.05) is 5.32 Å². The molecule has 0 radical (unpaired) electrons. The van der Waals surface area contributed by atoms with Gasteiger partial charge in [0.25, 0.3) is 0 Å². The molecule has 80 valence electrons. The van der Waals surface area contributed by atoms with E-state index in [1.807, 2.05) is 30.3 Å². The van der Waals surface area contributed by atoms with Gasteiger partial charge in [0.1, 0.15) is 10.8 Å². The smallest absolute Gasteiger partial charge is 0.123 e. The number of nitrogens with one attached hydrogen (secondary N) is 1. The number of thiocarbonyl (C=S) groups is 1. The largest absolute Gasteiger partial charge is 0.346 e. The minimum Gasteiger partial charge on any atom is -0.346 e. The number of hydrogen-bond acceptors (Lipinski definition) is 1. The highest BCUT2D eigenvalue weighted by Crippen LogP contribution is 2.10. The van der Waals surface area contributed by atoms with Crippen molar-refractivity contribution in [3.63, 3.8) is 0 Å². The van der Waals surface area contributed by atoms with Crippen LogP contribution in [0.25, 0.3) is 0 Å². The first-order valence-corrected chi connectivity index (χ1v) is 5.28. The number of halogens is 1. The van der Waals surface area contributed by atoms with Crippen molar-refractivity contribution in [1.29, 1.82) is 0 Å². The lowest BCUT2D eigenvalue weighted by molar-refractivity contribution is 0.627. The standard InChI is InChI=1S/C13H10FNS/c14-11-6-4-5-10(9-11)13(16)15-12-7-2-1-3-8-12/h1-9H,(H,15,16). The van der Waals surface area contributed by atoms with Gasteiger partial charge in [-0.3, -0.25) is 0 Å². The van der Waals surface area contributed by atoms with Crippen LogP contribution in [0, 0.1) is 5.82 Å². The van der Waals surface area contributed by atoms with Gasteiger partial charge in [-0.15, -0.1) is 0 Å². The van der Waals surface area contributed by atoms with Gasteiger partial charge >= 0.3 is 0 Å². The zero-order chi connectivity index (χ0) is 11.4. The molecule has 16 heavy (non-hydrogen) atoms. The Hall–Kier alpha value is -1.74. The fourth-order valence-electron chi connectivity index (χ4n) is 1.35. The number of hydrogen-bond donors (Lipinski definition) is 1. The van der Waals surface area contributed by atoms with Crippen LogP contribution in [0.5, 0.6) is 0 Å². The minimum absolute atomic E-state index is 0.283. The molecule has 1 nitrogen and oxygen atoms in total. The summed E-state index contributed by atoms with van der Waals surface area (Å²) >= 11 is 5.18. The molecule has 0 aromatic heterocycles. The summed E-state index contributed by atoms with van der Waals surface area (Å²) in [5, 5.41) is 3.05. The maximum atomic E-state index is 13.0. The van der Waals surface area contributed by atoms with Gasteiger partial charge in [0, 0.05) is 11.3 Å². The minimum atomic E-state index is -0.283. The average molecular weight is 231 g/mol. The second kappa shape index (κ2) is 4.86. The van der Waals surface area contributed by atoms with Gasteiger partial charge in [0.15, 0.2) is 0 Å². The van der Waals surface area contributed by atoms with E-state index < -0.39 is 0 Å². The number of para-hydroxylation sites is 1. The molecule has 0 atom stereocenters. The summed E-state index contributed by atoms with van der Waals surface area (Å²) in [7, 11) is 0. The Morgan fingerprint density at radius 2 is 1.75 bits per heavy atom. The van der Waals surface area contributed by atoms with Crippen LogP contribution in [-0.2, 0) is 0 Å². The van der Waals surface area contributed by atoms with Crippen LogP contribution in [0.4, 0.5) is 10.1 Å². The molecule has 0 amide bonds. The quantitative estimate of drug-likeness (QED) is 0.792. The van der Waals surface area contributed by atoms with Crippen LogP contribution in [0.15, 0.2) is 54.6 Å². The van der Waals surface area contributed by atoms with Gasteiger partial charge in [0.2, 0.25) is 0 Å². The summed E-state index contributed by atoms with van der Waals surface area (Å²) in [6.45, 7) is 0. The maximum absolute atomic E-state index is 13.0. The van der Waals surface area contributed by atoms with Crippen LogP contribution >= 0.6 is 12.2 Å². The second-order valence-electron chi connectivity index (χ2n) is 3.33. The van der Waals surface area contributed by atoms with Crippen LogP contribution in [0.3, 0.4) is 0 Å². The molecular weight excluding hydrogens is 221 g/mol. The Labute approximate surface area is 98.9 Å². The molecule has 2 aromatic rings. The molecule has 0 unspecified atom stereocenters. The third-order valence-electron chi connectivity index (χ3n) is 2.12. The van der Waals surface area contributed by atoms with E-state index in [1.165, 1.54) is 12.1 Å². The number of rotatable bonds is 2. The lowest BCUT2D eigenvalue weighted by Gasteiger charge is -2.07. The van der Waals surface area contributed by atoms with Crippen molar-refractivity contribution in [2.24, 2.45) is 0 Å². The first-order valence-electron chi connectivity index (χ1n) is 4.88. The SMILES string of the molecule is Fc1cccc(C(=S)Nc2ccccc2)c1. The molecule has 0 saturated carbocycles. The van der Waals surface area contributed by atoms with Crippen LogP contribution < -0.4 is 5.32 Å². The van der Waals surface area contributed by atoms with E-state index in [-0.39, 0.29) is 5.82 Å². The Morgan fingerprint density at radius 3 is 2.44 bits per heavy atom. The van der Waals surface area contributed by atoms with E-state index in [0.717, 1.165) is 5.69 Å². The van der Waals surface area contributed by atoms with Gasteiger partial charge < -0.3 is 5.32 Å². The maximum Gasteiger partial charge on any atom is 0.123 e. The summed E-state index contributed by atoms with van der Waals surface area (Å²) in [5.74, 6) is -0.283. The number of benzene rings is 2. The summed E-state index contributed by atoms with van der Waals surface area (Å²) in [6, 6.07) is 15.8. The van der Waals surface area contributed by atoms with E-state index in [9.17, 15) is 4.39 Å². The highest BCUT2D eigenvalue weighted by atomic mass is 32.1. The molecule has 0 aliphatic carbocycles. The highest BCUT2D eigenvalue weighted by molar-refractivity contribution is 7.81. The Kier molecular flexibility index (Phi) is 3.27. The van der Waals surface area contributed by atoms with Crippen molar-refractivity contribution in [3.8, 4) is 0 Å². The van der Waals surface area contributed by atoms with Crippen molar-refractivity contribution in [2.45, 2.75) is 0 Å². The lowest BCUT2D eigenvalue weighted by atomic mass is 10.2.